The fraction of sp³-hybridized carbons (Fsp3) is 0.571. The first-order chi connectivity index (χ1) is 8.56. The van der Waals surface area contributed by atoms with Crippen LogP contribution < -0.4 is 5.32 Å². The minimum atomic E-state index is -0.376. The number of hydrogen-bond acceptors (Lipinski definition) is 2. The predicted molar refractivity (Wildman–Crippen MR) is 71.2 cm³/mol. The van der Waals surface area contributed by atoms with E-state index in [-0.39, 0.29) is 28.9 Å². The normalized spacial score (nSPS) is 18.7. The van der Waals surface area contributed by atoms with Crippen LogP contribution in [0.15, 0.2) is 18.2 Å². The maximum absolute atomic E-state index is 13.4. The van der Waals surface area contributed by atoms with Crippen molar-refractivity contribution in [3.8, 4) is 0 Å². The highest BCUT2D eigenvalue weighted by atomic mass is 35.5. The summed E-state index contributed by atoms with van der Waals surface area (Å²) >= 11 is 5.66. The molecule has 1 unspecified atom stereocenters. The van der Waals surface area contributed by atoms with E-state index in [1.54, 1.807) is 6.07 Å². The van der Waals surface area contributed by atoms with E-state index in [1.165, 1.54) is 18.9 Å². The molecule has 1 atom stereocenters. The van der Waals surface area contributed by atoms with Crippen LogP contribution in [0.5, 0.6) is 0 Å². The second-order valence-corrected chi connectivity index (χ2v) is 5.66. The molecule has 0 heterocycles. The molecule has 0 aromatic heterocycles. The topological polar surface area (TPSA) is 32.3 Å². The highest BCUT2D eigenvalue weighted by Gasteiger charge is 2.41. The molecule has 1 saturated carbocycles. The van der Waals surface area contributed by atoms with Gasteiger partial charge in [-0.15, -0.1) is 0 Å². The van der Waals surface area contributed by atoms with Gasteiger partial charge in [0.1, 0.15) is 5.82 Å². The van der Waals surface area contributed by atoms with Gasteiger partial charge in [0, 0.05) is 19.2 Å². The highest BCUT2D eigenvalue weighted by Crippen LogP contribution is 2.48. The van der Waals surface area contributed by atoms with E-state index >= 15 is 0 Å². The van der Waals surface area contributed by atoms with Gasteiger partial charge in [-0.25, -0.2) is 4.39 Å². The molecule has 18 heavy (non-hydrogen) atoms. The number of hydrogen-bond donors (Lipinski definition) is 2. The second kappa shape index (κ2) is 5.55. The minimum Gasteiger partial charge on any atom is -0.396 e. The minimum absolute atomic E-state index is 0.0907. The summed E-state index contributed by atoms with van der Waals surface area (Å²) in [6.07, 6.45) is 3.19. The van der Waals surface area contributed by atoms with E-state index in [4.69, 9.17) is 16.7 Å². The van der Waals surface area contributed by atoms with Gasteiger partial charge >= 0.3 is 0 Å². The van der Waals surface area contributed by atoms with E-state index in [2.05, 4.69) is 5.32 Å². The van der Waals surface area contributed by atoms with E-state index in [9.17, 15) is 4.39 Å². The largest absolute Gasteiger partial charge is 0.396 e. The van der Waals surface area contributed by atoms with Gasteiger partial charge in [-0.2, -0.15) is 0 Å². The molecule has 4 heteroatoms. The average Bonchev–Trinajstić information content (AvgIpc) is 3.11. The number of nitrogens with one attached hydrogen (secondary N) is 1. The molecule has 0 aliphatic heterocycles. The maximum atomic E-state index is 13.4. The number of aliphatic hydroxyl groups excluding tert-OH is 1. The third-order valence-corrected chi connectivity index (χ3v) is 4.13. The van der Waals surface area contributed by atoms with E-state index in [0.29, 0.717) is 0 Å². The van der Waals surface area contributed by atoms with Crippen molar-refractivity contribution in [2.45, 2.75) is 32.2 Å². The second-order valence-electron chi connectivity index (χ2n) is 5.25. The molecule has 1 fully saturated rings. The van der Waals surface area contributed by atoms with Crippen molar-refractivity contribution in [3.63, 3.8) is 0 Å². The van der Waals surface area contributed by atoms with Crippen LogP contribution in [0, 0.1) is 11.2 Å². The number of aliphatic hydroxyl groups is 1. The van der Waals surface area contributed by atoms with Crippen molar-refractivity contribution in [2.24, 2.45) is 5.41 Å². The lowest BCUT2D eigenvalue weighted by atomic mass is 10.0. The zero-order chi connectivity index (χ0) is 13.2. The summed E-state index contributed by atoms with van der Waals surface area (Å²) < 4.78 is 13.4. The summed E-state index contributed by atoms with van der Waals surface area (Å²) in [5.41, 5.74) is 1.17. The predicted octanol–water partition coefficient (Wildman–Crippen LogP) is 3.29. The molecular formula is C14H19ClFNO. The quantitative estimate of drug-likeness (QED) is 0.832. The van der Waals surface area contributed by atoms with Crippen molar-refractivity contribution in [2.75, 3.05) is 13.2 Å². The standard InChI is InChI=1S/C14H19ClFNO/c1-10(11-2-3-12(15)13(16)8-11)17-9-14(4-5-14)6-7-18/h2-3,8,10,17-18H,4-7,9H2,1H3. The van der Waals surface area contributed by atoms with Crippen LogP contribution in [0.2, 0.25) is 5.02 Å². The molecule has 1 aromatic carbocycles. The molecule has 2 N–H and O–H groups in total. The Hall–Kier alpha value is -0.640. The van der Waals surface area contributed by atoms with Crippen LogP contribution in [0.1, 0.15) is 37.8 Å². The Kier molecular flexibility index (Phi) is 4.25. The fourth-order valence-corrected chi connectivity index (χ4v) is 2.32. The molecule has 0 saturated heterocycles. The van der Waals surface area contributed by atoms with Gasteiger partial charge in [0.2, 0.25) is 0 Å². The summed E-state index contributed by atoms with van der Waals surface area (Å²) in [7, 11) is 0. The van der Waals surface area contributed by atoms with Crippen LogP contribution in [0.25, 0.3) is 0 Å². The van der Waals surface area contributed by atoms with Gasteiger partial charge in [-0.05, 0) is 49.3 Å². The highest BCUT2D eigenvalue weighted by molar-refractivity contribution is 6.30. The first-order valence-corrected chi connectivity index (χ1v) is 6.73. The molecule has 0 spiro atoms. The van der Waals surface area contributed by atoms with E-state index in [0.717, 1.165) is 18.5 Å². The summed E-state index contributed by atoms with van der Waals surface area (Å²) in [6, 6.07) is 5.00. The van der Waals surface area contributed by atoms with Crippen LogP contribution in [0.3, 0.4) is 0 Å². The molecule has 1 aromatic rings. The Morgan fingerprint density at radius 1 is 1.50 bits per heavy atom. The van der Waals surface area contributed by atoms with Gasteiger partial charge in [0.25, 0.3) is 0 Å². The average molecular weight is 272 g/mol. The lowest BCUT2D eigenvalue weighted by molar-refractivity contribution is 0.243. The van der Waals surface area contributed by atoms with Crippen molar-refractivity contribution >= 4 is 11.6 Å². The summed E-state index contributed by atoms with van der Waals surface area (Å²) in [5, 5.41) is 12.6. The Balaban J connectivity index is 1.91. The van der Waals surface area contributed by atoms with Crippen LogP contribution >= 0.6 is 11.6 Å². The lowest BCUT2D eigenvalue weighted by Crippen LogP contribution is -2.27. The van der Waals surface area contributed by atoms with E-state index < -0.39 is 0 Å². The van der Waals surface area contributed by atoms with Gasteiger partial charge in [-0.3, -0.25) is 0 Å². The summed E-state index contributed by atoms with van der Waals surface area (Å²) in [5.74, 6) is -0.376. The number of halogens is 2. The fourth-order valence-electron chi connectivity index (χ4n) is 2.20. The van der Waals surface area contributed by atoms with Gasteiger partial charge in [0.15, 0.2) is 0 Å². The maximum Gasteiger partial charge on any atom is 0.142 e. The summed E-state index contributed by atoms with van der Waals surface area (Å²) in [4.78, 5) is 0. The van der Waals surface area contributed by atoms with E-state index in [1.807, 2.05) is 13.0 Å². The lowest BCUT2D eigenvalue weighted by Gasteiger charge is -2.20. The Morgan fingerprint density at radius 2 is 2.22 bits per heavy atom. The molecule has 100 valence electrons. The smallest absolute Gasteiger partial charge is 0.142 e. The van der Waals surface area contributed by atoms with Gasteiger partial charge in [-0.1, -0.05) is 17.7 Å². The number of benzene rings is 1. The molecule has 2 nitrogen and oxygen atoms in total. The summed E-state index contributed by atoms with van der Waals surface area (Å²) in [6.45, 7) is 3.13. The van der Waals surface area contributed by atoms with Crippen molar-refractivity contribution in [1.82, 2.24) is 5.32 Å². The molecule has 0 bridgehead atoms. The number of rotatable bonds is 6. The van der Waals surface area contributed by atoms with Crippen molar-refractivity contribution in [1.29, 1.82) is 0 Å². The zero-order valence-corrected chi connectivity index (χ0v) is 11.3. The Labute approximate surface area is 112 Å². The first-order valence-electron chi connectivity index (χ1n) is 6.35. The monoisotopic (exact) mass is 271 g/mol. The van der Waals surface area contributed by atoms with Gasteiger partial charge < -0.3 is 10.4 Å². The Morgan fingerprint density at radius 3 is 2.78 bits per heavy atom. The van der Waals surface area contributed by atoms with Crippen LogP contribution in [-0.2, 0) is 0 Å². The van der Waals surface area contributed by atoms with Gasteiger partial charge in [0.05, 0.1) is 5.02 Å². The third kappa shape index (κ3) is 3.22. The van der Waals surface area contributed by atoms with Crippen molar-refractivity contribution < 1.29 is 9.50 Å². The van der Waals surface area contributed by atoms with Crippen molar-refractivity contribution in [3.05, 3.63) is 34.6 Å². The molecular weight excluding hydrogens is 253 g/mol. The molecule has 0 amide bonds. The third-order valence-electron chi connectivity index (χ3n) is 3.83. The molecule has 2 rings (SSSR count). The Bertz CT molecular complexity index is 420. The zero-order valence-electron chi connectivity index (χ0n) is 10.5. The van der Waals surface area contributed by atoms with Crippen LogP contribution in [0.4, 0.5) is 4.39 Å². The molecule has 1 aliphatic rings. The van der Waals surface area contributed by atoms with Crippen LogP contribution in [-0.4, -0.2) is 18.3 Å². The molecule has 1 aliphatic carbocycles. The molecule has 0 radical (unpaired) electrons. The first kappa shape index (κ1) is 13.8. The SMILES string of the molecule is CC(NCC1(CCO)CC1)c1ccc(Cl)c(F)c1.